The Balaban J connectivity index is 2.16. The van der Waals surface area contributed by atoms with Crippen LogP contribution in [0.25, 0.3) is 11.3 Å². The molecule has 17 heavy (non-hydrogen) atoms. The molecule has 90 valence electrons. The normalized spacial score (nSPS) is 12.9. The lowest BCUT2D eigenvalue weighted by Crippen LogP contribution is -2.14. The van der Waals surface area contributed by atoms with Crippen LogP contribution in [0, 0.1) is 5.92 Å². The van der Waals surface area contributed by atoms with Crippen LogP contribution < -0.4 is 5.73 Å². The van der Waals surface area contributed by atoms with Crippen LogP contribution in [0.5, 0.6) is 0 Å². The molecule has 0 aromatic carbocycles. The van der Waals surface area contributed by atoms with E-state index in [9.17, 15) is 0 Å². The molecule has 0 aliphatic heterocycles. The van der Waals surface area contributed by atoms with Gasteiger partial charge in [0.25, 0.3) is 0 Å². The summed E-state index contributed by atoms with van der Waals surface area (Å²) >= 11 is 0. The second-order valence-corrected chi connectivity index (χ2v) is 4.65. The van der Waals surface area contributed by atoms with Gasteiger partial charge in [-0.1, -0.05) is 13.8 Å². The van der Waals surface area contributed by atoms with Crippen LogP contribution in [0.2, 0.25) is 0 Å². The highest BCUT2D eigenvalue weighted by molar-refractivity contribution is 5.57. The first-order valence-corrected chi connectivity index (χ1v) is 5.87. The number of imidazole rings is 1. The van der Waals surface area contributed by atoms with Gasteiger partial charge in [0.15, 0.2) is 0 Å². The van der Waals surface area contributed by atoms with E-state index in [4.69, 9.17) is 5.73 Å². The maximum absolute atomic E-state index is 6.08. The van der Waals surface area contributed by atoms with Gasteiger partial charge in [-0.25, -0.2) is 4.98 Å². The summed E-state index contributed by atoms with van der Waals surface area (Å²) in [5, 5.41) is 0. The summed E-state index contributed by atoms with van der Waals surface area (Å²) in [5.74, 6) is 1.42. The second kappa shape index (κ2) is 5.10. The van der Waals surface area contributed by atoms with Crippen molar-refractivity contribution in [3.63, 3.8) is 0 Å². The summed E-state index contributed by atoms with van der Waals surface area (Å²) in [4.78, 5) is 11.6. The third-order valence-electron chi connectivity index (χ3n) is 2.66. The Morgan fingerprint density at radius 1 is 1.29 bits per heavy atom. The van der Waals surface area contributed by atoms with Gasteiger partial charge >= 0.3 is 0 Å². The number of nitrogens with one attached hydrogen (secondary N) is 1. The highest BCUT2D eigenvalue weighted by atomic mass is 15.0. The number of H-pyrrole nitrogens is 1. The van der Waals surface area contributed by atoms with E-state index in [2.05, 4.69) is 28.8 Å². The van der Waals surface area contributed by atoms with Crippen molar-refractivity contribution >= 4 is 0 Å². The number of aromatic nitrogens is 3. The molecule has 0 spiro atoms. The summed E-state index contributed by atoms with van der Waals surface area (Å²) in [7, 11) is 0. The van der Waals surface area contributed by atoms with Gasteiger partial charge in [0.2, 0.25) is 0 Å². The number of hydrogen-bond acceptors (Lipinski definition) is 3. The largest absolute Gasteiger partial charge is 0.341 e. The number of pyridine rings is 1. The fraction of sp³-hybridized carbons (Fsp3) is 0.385. The Morgan fingerprint density at radius 2 is 2.00 bits per heavy atom. The standard InChI is InChI=1S/C13H18N4/c1-9(2)7-11(14)13-16-8-12(17-13)10-3-5-15-6-4-10/h3-6,8-9,11H,7,14H2,1-2H3,(H,16,17). The molecule has 0 radical (unpaired) electrons. The average molecular weight is 230 g/mol. The molecule has 1 atom stereocenters. The second-order valence-electron chi connectivity index (χ2n) is 4.65. The molecule has 3 N–H and O–H groups in total. The Hall–Kier alpha value is -1.68. The zero-order valence-corrected chi connectivity index (χ0v) is 10.2. The lowest BCUT2D eigenvalue weighted by atomic mass is 10.0. The van der Waals surface area contributed by atoms with Crippen LogP contribution in [-0.4, -0.2) is 15.0 Å². The van der Waals surface area contributed by atoms with Gasteiger partial charge in [-0.05, 0) is 24.5 Å². The molecule has 0 aliphatic carbocycles. The molecule has 1 unspecified atom stereocenters. The number of hydrogen-bond donors (Lipinski definition) is 2. The average Bonchev–Trinajstić information content (AvgIpc) is 2.78. The molecule has 4 nitrogen and oxygen atoms in total. The maximum Gasteiger partial charge on any atom is 0.123 e. The van der Waals surface area contributed by atoms with Crippen molar-refractivity contribution in [2.24, 2.45) is 11.7 Å². The highest BCUT2D eigenvalue weighted by Crippen LogP contribution is 2.20. The predicted octanol–water partition coefficient (Wildman–Crippen LogP) is 2.52. The first-order chi connectivity index (χ1) is 8.16. The zero-order valence-electron chi connectivity index (χ0n) is 10.2. The van der Waals surface area contributed by atoms with Gasteiger partial charge in [-0.2, -0.15) is 0 Å². The number of nitrogens with zero attached hydrogens (tertiary/aromatic N) is 2. The monoisotopic (exact) mass is 230 g/mol. The molecule has 4 heteroatoms. The number of rotatable bonds is 4. The van der Waals surface area contributed by atoms with Gasteiger partial charge in [-0.15, -0.1) is 0 Å². The number of nitrogens with two attached hydrogens (primary N) is 1. The van der Waals surface area contributed by atoms with Gasteiger partial charge < -0.3 is 10.7 Å². The minimum Gasteiger partial charge on any atom is -0.341 e. The predicted molar refractivity (Wildman–Crippen MR) is 68.2 cm³/mol. The van der Waals surface area contributed by atoms with E-state index in [1.807, 2.05) is 18.3 Å². The Labute approximate surface area is 101 Å². The molecule has 2 aromatic heterocycles. The van der Waals surface area contributed by atoms with Crippen molar-refractivity contribution in [3.8, 4) is 11.3 Å². The van der Waals surface area contributed by atoms with Gasteiger partial charge in [0, 0.05) is 18.0 Å². The molecule has 0 amide bonds. The fourth-order valence-corrected chi connectivity index (χ4v) is 1.82. The van der Waals surface area contributed by atoms with Crippen LogP contribution in [0.15, 0.2) is 30.7 Å². The van der Waals surface area contributed by atoms with Gasteiger partial charge in [-0.3, -0.25) is 4.98 Å². The third-order valence-corrected chi connectivity index (χ3v) is 2.66. The van der Waals surface area contributed by atoms with Crippen LogP contribution >= 0.6 is 0 Å². The van der Waals surface area contributed by atoms with Crippen LogP contribution in [0.4, 0.5) is 0 Å². The van der Waals surface area contributed by atoms with E-state index in [-0.39, 0.29) is 6.04 Å². The third kappa shape index (κ3) is 2.91. The summed E-state index contributed by atoms with van der Waals surface area (Å²) in [6.07, 6.45) is 6.29. The summed E-state index contributed by atoms with van der Waals surface area (Å²) in [6, 6.07) is 3.88. The Kier molecular flexibility index (Phi) is 3.54. The SMILES string of the molecule is CC(C)CC(N)c1ncc(-c2ccncc2)[nH]1. The Morgan fingerprint density at radius 3 is 2.65 bits per heavy atom. The maximum atomic E-state index is 6.08. The van der Waals surface area contributed by atoms with Gasteiger partial charge in [0.1, 0.15) is 5.82 Å². The topological polar surface area (TPSA) is 67.6 Å². The van der Waals surface area contributed by atoms with Crippen molar-refractivity contribution in [2.75, 3.05) is 0 Å². The van der Waals surface area contributed by atoms with E-state index < -0.39 is 0 Å². The molecule has 2 heterocycles. The lowest BCUT2D eigenvalue weighted by molar-refractivity contribution is 0.496. The van der Waals surface area contributed by atoms with Crippen molar-refractivity contribution < 1.29 is 0 Å². The van der Waals surface area contributed by atoms with Crippen LogP contribution in [-0.2, 0) is 0 Å². The van der Waals surface area contributed by atoms with Gasteiger partial charge in [0.05, 0.1) is 17.9 Å². The lowest BCUT2D eigenvalue weighted by Gasteiger charge is -2.10. The van der Waals surface area contributed by atoms with E-state index in [1.165, 1.54) is 0 Å². The molecule has 0 aliphatic rings. The van der Waals surface area contributed by atoms with E-state index in [1.54, 1.807) is 12.4 Å². The summed E-state index contributed by atoms with van der Waals surface area (Å²) < 4.78 is 0. The highest BCUT2D eigenvalue weighted by Gasteiger charge is 2.12. The first kappa shape index (κ1) is 11.8. The molecule has 0 saturated carbocycles. The molecule has 0 saturated heterocycles. The molecule has 2 rings (SSSR count). The van der Waals surface area contributed by atoms with Crippen molar-refractivity contribution in [1.29, 1.82) is 0 Å². The summed E-state index contributed by atoms with van der Waals surface area (Å²) in [6.45, 7) is 4.32. The van der Waals surface area contributed by atoms with Crippen molar-refractivity contribution in [1.82, 2.24) is 15.0 Å². The molecule has 2 aromatic rings. The molecule has 0 fully saturated rings. The van der Waals surface area contributed by atoms with E-state index >= 15 is 0 Å². The number of aromatic amines is 1. The molecule has 0 bridgehead atoms. The van der Waals surface area contributed by atoms with Crippen molar-refractivity contribution in [3.05, 3.63) is 36.5 Å². The Bertz CT molecular complexity index is 461. The van der Waals surface area contributed by atoms with Crippen LogP contribution in [0.3, 0.4) is 0 Å². The molecular weight excluding hydrogens is 212 g/mol. The zero-order chi connectivity index (χ0) is 12.3. The van der Waals surface area contributed by atoms with Crippen molar-refractivity contribution in [2.45, 2.75) is 26.3 Å². The minimum atomic E-state index is -0.0226. The van der Waals surface area contributed by atoms with E-state index in [0.717, 1.165) is 23.5 Å². The smallest absolute Gasteiger partial charge is 0.123 e. The van der Waals surface area contributed by atoms with Crippen LogP contribution in [0.1, 0.15) is 32.1 Å². The summed E-state index contributed by atoms with van der Waals surface area (Å²) in [5.41, 5.74) is 8.15. The molecular formula is C13H18N4. The quantitative estimate of drug-likeness (QED) is 0.848. The fourth-order valence-electron chi connectivity index (χ4n) is 1.82. The first-order valence-electron chi connectivity index (χ1n) is 5.87. The van der Waals surface area contributed by atoms with E-state index in [0.29, 0.717) is 5.92 Å². The minimum absolute atomic E-state index is 0.0226.